The molecule has 0 radical (unpaired) electrons. The molecule has 1 fully saturated rings. The monoisotopic (exact) mass is 358 g/mol. The number of sulfone groups is 1. The van der Waals surface area contributed by atoms with Gasteiger partial charge in [0.25, 0.3) is 0 Å². The van der Waals surface area contributed by atoms with E-state index in [1.807, 2.05) is 49.4 Å². The largest absolute Gasteiger partial charge is 0.338 e. The van der Waals surface area contributed by atoms with Crippen molar-refractivity contribution in [1.82, 2.24) is 5.32 Å². The molecule has 0 aliphatic carbocycles. The third kappa shape index (κ3) is 4.82. The Hall–Kier alpha value is -2.34. The van der Waals surface area contributed by atoms with Crippen molar-refractivity contribution in [2.45, 2.75) is 13.3 Å². The Morgan fingerprint density at radius 2 is 1.84 bits per heavy atom. The molecule has 2 N–H and O–H groups in total. The molecule has 0 spiro atoms. The van der Waals surface area contributed by atoms with Crippen LogP contribution in [0.4, 0.5) is 10.5 Å². The number of urea groups is 1. The van der Waals surface area contributed by atoms with Crippen molar-refractivity contribution in [2.24, 2.45) is 5.92 Å². The highest BCUT2D eigenvalue weighted by molar-refractivity contribution is 7.91. The van der Waals surface area contributed by atoms with Crippen LogP contribution in [-0.2, 0) is 9.84 Å². The molecule has 2 aromatic carbocycles. The molecule has 132 valence electrons. The quantitative estimate of drug-likeness (QED) is 0.881. The number of amides is 2. The fraction of sp³-hybridized carbons (Fsp3) is 0.316. The van der Waals surface area contributed by atoms with Crippen molar-refractivity contribution in [2.75, 3.05) is 23.4 Å². The lowest BCUT2D eigenvalue weighted by atomic mass is 10.0. The maximum Gasteiger partial charge on any atom is 0.319 e. The summed E-state index contributed by atoms with van der Waals surface area (Å²) in [6, 6.07) is 15.5. The maximum atomic E-state index is 12.1. The maximum absolute atomic E-state index is 12.1. The third-order valence-electron chi connectivity index (χ3n) is 4.35. The number of nitrogens with one attached hydrogen (secondary N) is 2. The van der Waals surface area contributed by atoms with Gasteiger partial charge in [-0.2, -0.15) is 0 Å². The Kier molecular flexibility index (Phi) is 5.08. The molecule has 1 unspecified atom stereocenters. The van der Waals surface area contributed by atoms with E-state index in [4.69, 9.17) is 0 Å². The highest BCUT2D eigenvalue weighted by Gasteiger charge is 2.27. The molecule has 1 heterocycles. The molecule has 0 aromatic heterocycles. The molecule has 1 aliphatic heterocycles. The summed E-state index contributed by atoms with van der Waals surface area (Å²) < 4.78 is 22.9. The second-order valence-electron chi connectivity index (χ2n) is 6.55. The highest BCUT2D eigenvalue weighted by atomic mass is 32.2. The van der Waals surface area contributed by atoms with Gasteiger partial charge in [0, 0.05) is 12.2 Å². The molecule has 1 atom stereocenters. The topological polar surface area (TPSA) is 75.3 Å². The molecular weight excluding hydrogens is 336 g/mol. The molecule has 25 heavy (non-hydrogen) atoms. The molecule has 1 aliphatic rings. The summed E-state index contributed by atoms with van der Waals surface area (Å²) in [5.74, 6) is 0.393. The van der Waals surface area contributed by atoms with Crippen molar-refractivity contribution < 1.29 is 13.2 Å². The number of rotatable bonds is 4. The molecule has 2 aromatic rings. The second-order valence-corrected chi connectivity index (χ2v) is 8.78. The van der Waals surface area contributed by atoms with Crippen molar-refractivity contribution in [1.29, 1.82) is 0 Å². The van der Waals surface area contributed by atoms with Crippen LogP contribution in [0.1, 0.15) is 12.0 Å². The summed E-state index contributed by atoms with van der Waals surface area (Å²) in [7, 11) is -2.91. The number of hydrogen-bond donors (Lipinski definition) is 2. The Morgan fingerprint density at radius 1 is 1.12 bits per heavy atom. The van der Waals surface area contributed by atoms with Crippen LogP contribution in [0.15, 0.2) is 48.5 Å². The normalized spacial score (nSPS) is 18.7. The van der Waals surface area contributed by atoms with Crippen LogP contribution in [0.25, 0.3) is 11.1 Å². The third-order valence-corrected chi connectivity index (χ3v) is 6.19. The fourth-order valence-electron chi connectivity index (χ4n) is 3.05. The van der Waals surface area contributed by atoms with Crippen LogP contribution >= 0.6 is 0 Å². The van der Waals surface area contributed by atoms with Crippen molar-refractivity contribution in [3.8, 4) is 11.1 Å². The molecule has 5 nitrogen and oxygen atoms in total. The molecule has 3 rings (SSSR count). The summed E-state index contributed by atoms with van der Waals surface area (Å²) >= 11 is 0. The molecular formula is C19H22N2O3S. The molecule has 0 bridgehead atoms. The first kappa shape index (κ1) is 17.5. The average Bonchev–Trinajstić information content (AvgIpc) is 2.92. The van der Waals surface area contributed by atoms with Crippen LogP contribution in [0.3, 0.4) is 0 Å². The van der Waals surface area contributed by atoms with E-state index < -0.39 is 9.84 Å². The van der Waals surface area contributed by atoms with Crippen LogP contribution in [0.2, 0.25) is 0 Å². The number of aryl methyl sites for hydroxylation is 1. The minimum atomic E-state index is -2.91. The van der Waals surface area contributed by atoms with Crippen LogP contribution in [0, 0.1) is 12.8 Å². The van der Waals surface area contributed by atoms with E-state index in [0.29, 0.717) is 18.7 Å². The Labute approximate surface area is 148 Å². The summed E-state index contributed by atoms with van der Waals surface area (Å²) in [6.07, 6.45) is 0.617. The zero-order valence-electron chi connectivity index (χ0n) is 14.2. The average molecular weight is 358 g/mol. The lowest BCUT2D eigenvalue weighted by Crippen LogP contribution is -2.33. The second kappa shape index (κ2) is 7.27. The van der Waals surface area contributed by atoms with E-state index in [1.165, 1.54) is 5.56 Å². The number of anilines is 1. The van der Waals surface area contributed by atoms with E-state index >= 15 is 0 Å². The first-order chi connectivity index (χ1) is 11.9. The molecule has 2 amide bonds. The Morgan fingerprint density at radius 3 is 2.52 bits per heavy atom. The van der Waals surface area contributed by atoms with Gasteiger partial charge in [0.2, 0.25) is 0 Å². The highest BCUT2D eigenvalue weighted by Crippen LogP contribution is 2.23. The molecule has 0 saturated carbocycles. The minimum Gasteiger partial charge on any atom is -0.338 e. The SMILES string of the molecule is Cc1cccc(-c2cccc(NC(=O)NCC3CCS(=O)(=O)C3)c2)c1. The zero-order chi connectivity index (χ0) is 17.9. The van der Waals surface area contributed by atoms with E-state index in [0.717, 1.165) is 11.1 Å². The summed E-state index contributed by atoms with van der Waals surface area (Å²) in [5, 5.41) is 5.58. The fourth-order valence-corrected chi connectivity index (χ4v) is 4.91. The van der Waals surface area contributed by atoms with E-state index in [-0.39, 0.29) is 23.5 Å². The molecule has 6 heteroatoms. The van der Waals surface area contributed by atoms with Gasteiger partial charge >= 0.3 is 6.03 Å². The summed E-state index contributed by atoms with van der Waals surface area (Å²) in [4.78, 5) is 12.1. The number of carbonyl (C=O) groups is 1. The van der Waals surface area contributed by atoms with Crippen LogP contribution in [0.5, 0.6) is 0 Å². The van der Waals surface area contributed by atoms with Crippen molar-refractivity contribution >= 4 is 21.6 Å². The van der Waals surface area contributed by atoms with Gasteiger partial charge in [0.1, 0.15) is 0 Å². The Balaban J connectivity index is 1.59. The van der Waals surface area contributed by atoms with Crippen LogP contribution in [-0.4, -0.2) is 32.5 Å². The minimum absolute atomic E-state index is 0.00868. The van der Waals surface area contributed by atoms with E-state index in [2.05, 4.69) is 16.7 Å². The standard InChI is InChI=1S/C19H22N2O3S/c1-14-4-2-5-16(10-14)17-6-3-7-18(11-17)21-19(22)20-12-15-8-9-25(23,24)13-15/h2-7,10-11,15H,8-9,12-13H2,1H3,(H2,20,21,22). The van der Waals surface area contributed by atoms with Gasteiger partial charge in [0.15, 0.2) is 9.84 Å². The lowest BCUT2D eigenvalue weighted by molar-refractivity contribution is 0.250. The van der Waals surface area contributed by atoms with Gasteiger partial charge in [-0.15, -0.1) is 0 Å². The van der Waals surface area contributed by atoms with Crippen molar-refractivity contribution in [3.63, 3.8) is 0 Å². The Bertz CT molecular complexity index is 878. The zero-order valence-corrected chi connectivity index (χ0v) is 15.0. The lowest BCUT2D eigenvalue weighted by Gasteiger charge is -2.12. The summed E-state index contributed by atoms with van der Waals surface area (Å²) in [6.45, 7) is 2.42. The predicted molar refractivity (Wildman–Crippen MR) is 100 cm³/mol. The number of hydrogen-bond acceptors (Lipinski definition) is 3. The van der Waals surface area contributed by atoms with E-state index in [1.54, 1.807) is 0 Å². The first-order valence-electron chi connectivity index (χ1n) is 8.34. The van der Waals surface area contributed by atoms with Gasteiger partial charge in [-0.3, -0.25) is 0 Å². The smallest absolute Gasteiger partial charge is 0.319 e. The van der Waals surface area contributed by atoms with Gasteiger partial charge in [-0.1, -0.05) is 42.0 Å². The number of carbonyl (C=O) groups excluding carboxylic acids is 1. The first-order valence-corrected chi connectivity index (χ1v) is 10.2. The number of benzene rings is 2. The molecule has 1 saturated heterocycles. The van der Waals surface area contributed by atoms with E-state index in [9.17, 15) is 13.2 Å². The van der Waals surface area contributed by atoms with Gasteiger partial charge in [0.05, 0.1) is 11.5 Å². The summed E-state index contributed by atoms with van der Waals surface area (Å²) in [5.41, 5.74) is 4.01. The van der Waals surface area contributed by atoms with Gasteiger partial charge in [-0.25, -0.2) is 13.2 Å². The van der Waals surface area contributed by atoms with Gasteiger partial charge in [-0.05, 0) is 42.5 Å². The van der Waals surface area contributed by atoms with Crippen LogP contribution < -0.4 is 10.6 Å². The van der Waals surface area contributed by atoms with Crippen molar-refractivity contribution in [3.05, 3.63) is 54.1 Å². The van der Waals surface area contributed by atoms with Gasteiger partial charge < -0.3 is 10.6 Å². The predicted octanol–water partition coefficient (Wildman–Crippen LogP) is 3.22.